The van der Waals surface area contributed by atoms with E-state index in [4.69, 9.17) is 4.99 Å². The van der Waals surface area contributed by atoms with Crippen molar-refractivity contribution in [3.8, 4) is 0 Å². The molecule has 22 heavy (non-hydrogen) atoms. The van der Waals surface area contributed by atoms with E-state index in [0.717, 1.165) is 31.9 Å². The van der Waals surface area contributed by atoms with Crippen molar-refractivity contribution in [1.29, 1.82) is 0 Å². The Bertz CT molecular complexity index is 518. The van der Waals surface area contributed by atoms with E-state index in [0.29, 0.717) is 5.41 Å². The Balaban J connectivity index is 1.56. The molecule has 1 aromatic heterocycles. The zero-order chi connectivity index (χ0) is 15.4. The van der Waals surface area contributed by atoms with E-state index >= 15 is 0 Å². The lowest BCUT2D eigenvalue weighted by Gasteiger charge is -2.38. The summed E-state index contributed by atoms with van der Waals surface area (Å²) in [4.78, 5) is 13.2. The predicted molar refractivity (Wildman–Crippen MR) is 93.6 cm³/mol. The third-order valence-corrected chi connectivity index (χ3v) is 6.23. The summed E-state index contributed by atoms with van der Waals surface area (Å²) in [5.74, 6) is 1.11. The van der Waals surface area contributed by atoms with Crippen LogP contribution in [0.3, 0.4) is 0 Å². The average molecular weight is 321 g/mol. The van der Waals surface area contributed by atoms with Crippen LogP contribution in [-0.2, 0) is 12.8 Å². The van der Waals surface area contributed by atoms with Gasteiger partial charge < -0.3 is 10.2 Å². The minimum absolute atomic E-state index is 0.627. The van der Waals surface area contributed by atoms with Crippen molar-refractivity contribution < 1.29 is 0 Å². The molecule has 0 unspecified atom stereocenters. The molecule has 5 heteroatoms. The van der Waals surface area contributed by atoms with Crippen LogP contribution in [0.15, 0.2) is 11.2 Å². The number of nitrogens with zero attached hydrogens (tertiary/aromatic N) is 3. The van der Waals surface area contributed by atoms with Gasteiger partial charge >= 0.3 is 0 Å². The van der Waals surface area contributed by atoms with Gasteiger partial charge in [0, 0.05) is 43.7 Å². The maximum Gasteiger partial charge on any atom is 0.193 e. The number of hydrogen-bond acceptors (Lipinski definition) is 3. The second-order valence-electron chi connectivity index (χ2n) is 6.58. The highest BCUT2D eigenvalue weighted by Crippen LogP contribution is 2.47. The number of aliphatic imine (C=N–C) groups is 1. The molecule has 2 heterocycles. The molecule has 4 nitrogen and oxygen atoms in total. The SMILES string of the molecule is CCNC(=NCCc1ncc(CC)s1)N1CCC2(CCC2)C1. The monoisotopic (exact) mass is 320 g/mol. The van der Waals surface area contributed by atoms with Gasteiger partial charge in [-0.1, -0.05) is 13.3 Å². The zero-order valence-electron chi connectivity index (χ0n) is 13.9. The van der Waals surface area contributed by atoms with Gasteiger partial charge in [0.05, 0.1) is 5.01 Å². The van der Waals surface area contributed by atoms with Crippen LogP contribution in [0.4, 0.5) is 0 Å². The predicted octanol–water partition coefficient (Wildman–Crippen LogP) is 3.09. The van der Waals surface area contributed by atoms with Crippen LogP contribution in [-0.4, -0.2) is 42.0 Å². The van der Waals surface area contributed by atoms with E-state index in [1.807, 2.05) is 17.5 Å². The largest absolute Gasteiger partial charge is 0.357 e. The third kappa shape index (κ3) is 3.45. The van der Waals surface area contributed by atoms with Crippen molar-refractivity contribution in [3.05, 3.63) is 16.1 Å². The molecule has 1 aliphatic carbocycles. The maximum atomic E-state index is 4.85. The van der Waals surface area contributed by atoms with Crippen molar-refractivity contribution >= 4 is 17.3 Å². The first-order valence-corrected chi connectivity index (χ1v) is 9.53. The van der Waals surface area contributed by atoms with Crippen molar-refractivity contribution in [3.63, 3.8) is 0 Å². The lowest BCUT2D eigenvalue weighted by molar-refractivity contribution is 0.151. The van der Waals surface area contributed by atoms with Crippen LogP contribution in [0.5, 0.6) is 0 Å². The zero-order valence-corrected chi connectivity index (χ0v) is 14.7. The molecule has 1 N–H and O–H groups in total. The Kier molecular flexibility index (Phi) is 5.01. The summed E-state index contributed by atoms with van der Waals surface area (Å²) in [6.07, 6.45) is 9.66. The minimum atomic E-state index is 0.627. The summed E-state index contributed by atoms with van der Waals surface area (Å²) in [5, 5.41) is 4.69. The fraction of sp³-hybridized carbons (Fsp3) is 0.765. The fourth-order valence-corrected chi connectivity index (χ4v) is 4.36. The second-order valence-corrected chi connectivity index (χ2v) is 7.78. The molecule has 2 aliphatic rings. The molecule has 1 aliphatic heterocycles. The third-order valence-electron chi connectivity index (χ3n) is 5.02. The molecular weight excluding hydrogens is 292 g/mol. The summed E-state index contributed by atoms with van der Waals surface area (Å²) in [6.45, 7) is 8.49. The number of hydrogen-bond donors (Lipinski definition) is 1. The summed E-state index contributed by atoms with van der Waals surface area (Å²) in [7, 11) is 0. The molecule has 0 atom stereocenters. The lowest BCUT2D eigenvalue weighted by Crippen LogP contribution is -2.42. The van der Waals surface area contributed by atoms with Crippen molar-refractivity contribution in [1.82, 2.24) is 15.2 Å². The molecule has 3 rings (SSSR count). The van der Waals surface area contributed by atoms with Gasteiger partial charge in [-0.15, -0.1) is 11.3 Å². The Morgan fingerprint density at radius 1 is 1.41 bits per heavy atom. The minimum Gasteiger partial charge on any atom is -0.357 e. The van der Waals surface area contributed by atoms with Gasteiger partial charge in [-0.2, -0.15) is 0 Å². The van der Waals surface area contributed by atoms with E-state index in [2.05, 4.69) is 29.0 Å². The van der Waals surface area contributed by atoms with Crippen LogP contribution in [0, 0.1) is 5.41 Å². The highest BCUT2D eigenvalue weighted by Gasteiger charge is 2.43. The topological polar surface area (TPSA) is 40.5 Å². The molecule has 122 valence electrons. The van der Waals surface area contributed by atoms with Crippen LogP contribution in [0.1, 0.15) is 49.4 Å². The van der Waals surface area contributed by atoms with E-state index in [1.54, 1.807) is 0 Å². The highest BCUT2D eigenvalue weighted by atomic mass is 32.1. The molecule has 0 bridgehead atoms. The maximum absolute atomic E-state index is 4.85. The summed E-state index contributed by atoms with van der Waals surface area (Å²) in [6, 6.07) is 0. The van der Waals surface area contributed by atoms with Gasteiger partial charge in [0.1, 0.15) is 0 Å². The highest BCUT2D eigenvalue weighted by molar-refractivity contribution is 7.11. The number of guanidine groups is 1. The summed E-state index contributed by atoms with van der Waals surface area (Å²) >= 11 is 1.83. The van der Waals surface area contributed by atoms with E-state index in [9.17, 15) is 0 Å². The second kappa shape index (κ2) is 6.99. The summed E-state index contributed by atoms with van der Waals surface area (Å²) < 4.78 is 0. The van der Waals surface area contributed by atoms with Gasteiger partial charge in [-0.05, 0) is 38.0 Å². The molecule has 1 saturated heterocycles. The van der Waals surface area contributed by atoms with Gasteiger partial charge in [-0.25, -0.2) is 4.98 Å². The molecule has 0 radical (unpaired) electrons. The molecular formula is C17H28N4S. The van der Waals surface area contributed by atoms with Gasteiger partial charge in [0.25, 0.3) is 0 Å². The first kappa shape index (κ1) is 15.8. The van der Waals surface area contributed by atoms with Crippen molar-refractivity contribution in [2.75, 3.05) is 26.2 Å². The molecule has 1 aromatic rings. The summed E-state index contributed by atoms with van der Waals surface area (Å²) in [5.41, 5.74) is 0.627. The van der Waals surface area contributed by atoms with Gasteiger partial charge in [0.15, 0.2) is 5.96 Å². The first-order valence-electron chi connectivity index (χ1n) is 8.71. The normalized spacial score (nSPS) is 20.5. The number of nitrogens with one attached hydrogen (secondary N) is 1. The number of aromatic nitrogens is 1. The number of aryl methyl sites for hydroxylation is 1. The number of thiazole rings is 1. The van der Waals surface area contributed by atoms with E-state index in [1.165, 1.54) is 48.7 Å². The van der Waals surface area contributed by atoms with E-state index in [-0.39, 0.29) is 0 Å². The van der Waals surface area contributed by atoms with Gasteiger partial charge in [-0.3, -0.25) is 4.99 Å². The Morgan fingerprint density at radius 3 is 2.86 bits per heavy atom. The van der Waals surface area contributed by atoms with Crippen LogP contribution < -0.4 is 5.32 Å². The van der Waals surface area contributed by atoms with Crippen molar-refractivity contribution in [2.45, 2.75) is 52.4 Å². The molecule has 0 amide bonds. The Labute approximate surface area is 138 Å². The Hall–Kier alpha value is -1.10. The lowest BCUT2D eigenvalue weighted by atomic mass is 9.68. The fourth-order valence-electron chi connectivity index (χ4n) is 3.51. The van der Waals surface area contributed by atoms with Gasteiger partial charge in [0.2, 0.25) is 0 Å². The Morgan fingerprint density at radius 2 is 2.27 bits per heavy atom. The standard InChI is InChI=1S/C17H28N4S/c1-3-14-12-20-15(22-14)6-10-19-16(18-4-2)21-11-9-17(13-21)7-5-8-17/h12H,3-11,13H2,1-2H3,(H,18,19). The molecule has 1 spiro atoms. The van der Waals surface area contributed by atoms with Crippen LogP contribution >= 0.6 is 11.3 Å². The quantitative estimate of drug-likeness (QED) is 0.669. The number of likely N-dealkylation sites (tertiary alicyclic amines) is 1. The molecule has 0 aromatic carbocycles. The van der Waals surface area contributed by atoms with Crippen LogP contribution in [0.25, 0.3) is 0 Å². The smallest absolute Gasteiger partial charge is 0.193 e. The van der Waals surface area contributed by atoms with E-state index < -0.39 is 0 Å². The first-order chi connectivity index (χ1) is 10.7. The molecule has 2 fully saturated rings. The molecule has 1 saturated carbocycles. The van der Waals surface area contributed by atoms with Crippen molar-refractivity contribution in [2.24, 2.45) is 10.4 Å². The number of rotatable bonds is 5. The average Bonchev–Trinajstić information content (AvgIpc) is 3.13. The van der Waals surface area contributed by atoms with Crippen LogP contribution in [0.2, 0.25) is 0 Å².